The van der Waals surface area contributed by atoms with Crippen LogP contribution in [-0.4, -0.2) is 5.91 Å². The Morgan fingerprint density at radius 1 is 1.28 bits per heavy atom. The van der Waals surface area contributed by atoms with Gasteiger partial charge in [-0.25, -0.2) is 0 Å². The standard InChI is InChI=1S/C15H18ClNO/c16-13-3-1-2-4-14(13)17-15(18)9-12-8-10-5-6-11(12)7-10/h1-4,10-12H,5-9H2,(H,17,18)/t10-,11-,12-/m1/s1. The van der Waals surface area contributed by atoms with Crippen LogP contribution < -0.4 is 5.32 Å². The minimum Gasteiger partial charge on any atom is -0.325 e. The van der Waals surface area contributed by atoms with Crippen molar-refractivity contribution in [3.05, 3.63) is 29.3 Å². The average molecular weight is 264 g/mol. The zero-order chi connectivity index (χ0) is 12.5. The van der Waals surface area contributed by atoms with E-state index < -0.39 is 0 Å². The first kappa shape index (κ1) is 12.0. The fourth-order valence-corrected chi connectivity index (χ4v) is 3.81. The van der Waals surface area contributed by atoms with Crippen molar-refractivity contribution in [3.8, 4) is 0 Å². The Hall–Kier alpha value is -1.02. The highest BCUT2D eigenvalue weighted by atomic mass is 35.5. The number of carbonyl (C=O) groups is 1. The zero-order valence-electron chi connectivity index (χ0n) is 10.4. The lowest BCUT2D eigenvalue weighted by Crippen LogP contribution is -2.20. The van der Waals surface area contributed by atoms with Crippen LogP contribution in [-0.2, 0) is 4.79 Å². The van der Waals surface area contributed by atoms with E-state index in [1.807, 2.05) is 18.2 Å². The predicted octanol–water partition coefficient (Wildman–Crippen LogP) is 4.10. The summed E-state index contributed by atoms with van der Waals surface area (Å²) in [6.45, 7) is 0. The minimum absolute atomic E-state index is 0.112. The lowest BCUT2D eigenvalue weighted by atomic mass is 9.86. The van der Waals surface area contributed by atoms with Crippen molar-refractivity contribution < 1.29 is 4.79 Å². The molecule has 0 spiro atoms. The third kappa shape index (κ3) is 2.39. The zero-order valence-corrected chi connectivity index (χ0v) is 11.1. The molecule has 0 aromatic heterocycles. The van der Waals surface area contributed by atoms with Gasteiger partial charge in [0.1, 0.15) is 0 Å². The molecule has 0 radical (unpaired) electrons. The maximum absolute atomic E-state index is 12.0. The molecule has 1 aromatic carbocycles. The Morgan fingerprint density at radius 3 is 2.78 bits per heavy atom. The molecule has 2 aliphatic carbocycles. The van der Waals surface area contributed by atoms with E-state index in [-0.39, 0.29) is 5.91 Å². The molecule has 0 saturated heterocycles. The Balaban J connectivity index is 1.58. The number of carbonyl (C=O) groups excluding carboxylic acids is 1. The topological polar surface area (TPSA) is 29.1 Å². The number of halogens is 1. The molecule has 2 fully saturated rings. The number of nitrogens with one attached hydrogen (secondary N) is 1. The summed E-state index contributed by atoms with van der Waals surface area (Å²) in [5.74, 6) is 2.41. The van der Waals surface area contributed by atoms with Gasteiger partial charge in [0.25, 0.3) is 0 Å². The number of hydrogen-bond acceptors (Lipinski definition) is 1. The summed E-state index contributed by atoms with van der Waals surface area (Å²) in [5.41, 5.74) is 0.729. The summed E-state index contributed by atoms with van der Waals surface area (Å²) < 4.78 is 0. The molecule has 1 aromatic rings. The molecule has 2 bridgehead atoms. The second kappa shape index (κ2) is 4.93. The second-order valence-corrected chi connectivity index (χ2v) is 6.07. The van der Waals surface area contributed by atoms with E-state index in [2.05, 4.69) is 5.32 Å². The summed E-state index contributed by atoms with van der Waals surface area (Å²) in [4.78, 5) is 12.0. The van der Waals surface area contributed by atoms with Crippen molar-refractivity contribution >= 4 is 23.2 Å². The van der Waals surface area contributed by atoms with Gasteiger partial charge < -0.3 is 5.32 Å². The van der Waals surface area contributed by atoms with E-state index in [4.69, 9.17) is 11.6 Å². The monoisotopic (exact) mass is 263 g/mol. The van der Waals surface area contributed by atoms with E-state index in [0.717, 1.165) is 17.5 Å². The van der Waals surface area contributed by atoms with Crippen LogP contribution in [0, 0.1) is 17.8 Å². The van der Waals surface area contributed by atoms with Gasteiger partial charge in [0, 0.05) is 6.42 Å². The Bertz CT molecular complexity index is 460. The largest absolute Gasteiger partial charge is 0.325 e. The second-order valence-electron chi connectivity index (χ2n) is 5.67. The van der Waals surface area contributed by atoms with E-state index in [1.54, 1.807) is 6.07 Å². The van der Waals surface area contributed by atoms with Gasteiger partial charge in [0.2, 0.25) is 5.91 Å². The molecule has 0 heterocycles. The van der Waals surface area contributed by atoms with Crippen LogP contribution in [0.15, 0.2) is 24.3 Å². The lowest BCUT2D eigenvalue weighted by Gasteiger charge is -2.21. The summed E-state index contributed by atoms with van der Waals surface area (Å²) in [6, 6.07) is 7.41. The SMILES string of the molecule is O=C(C[C@H]1C[C@@H]2CC[C@@H]1C2)Nc1ccccc1Cl. The minimum atomic E-state index is 0.112. The first-order chi connectivity index (χ1) is 8.72. The fourth-order valence-electron chi connectivity index (χ4n) is 3.63. The van der Waals surface area contributed by atoms with E-state index in [9.17, 15) is 4.79 Å². The van der Waals surface area contributed by atoms with E-state index in [0.29, 0.717) is 17.4 Å². The van der Waals surface area contributed by atoms with Gasteiger partial charge in [0.15, 0.2) is 0 Å². The Labute approximate surface area is 113 Å². The maximum Gasteiger partial charge on any atom is 0.224 e. The van der Waals surface area contributed by atoms with Gasteiger partial charge in [0.05, 0.1) is 10.7 Å². The summed E-state index contributed by atoms with van der Waals surface area (Å²) >= 11 is 6.03. The van der Waals surface area contributed by atoms with Crippen LogP contribution in [0.4, 0.5) is 5.69 Å². The molecule has 3 rings (SSSR count). The first-order valence-corrected chi connectivity index (χ1v) is 7.14. The molecular weight excluding hydrogens is 246 g/mol. The van der Waals surface area contributed by atoms with Crippen molar-refractivity contribution in [2.45, 2.75) is 32.1 Å². The predicted molar refractivity (Wildman–Crippen MR) is 73.6 cm³/mol. The quantitative estimate of drug-likeness (QED) is 0.874. The fraction of sp³-hybridized carbons (Fsp3) is 0.533. The van der Waals surface area contributed by atoms with Crippen LogP contribution in [0.25, 0.3) is 0 Å². The maximum atomic E-state index is 12.0. The number of amides is 1. The number of anilines is 1. The molecule has 18 heavy (non-hydrogen) atoms. The molecule has 0 unspecified atom stereocenters. The highest BCUT2D eigenvalue weighted by Gasteiger charge is 2.40. The van der Waals surface area contributed by atoms with Crippen LogP contribution in [0.2, 0.25) is 5.02 Å². The van der Waals surface area contributed by atoms with Crippen molar-refractivity contribution in [3.63, 3.8) is 0 Å². The third-order valence-corrected chi connectivity index (χ3v) is 4.81. The molecule has 2 aliphatic rings. The molecule has 2 saturated carbocycles. The summed E-state index contributed by atoms with van der Waals surface area (Å²) in [6.07, 6.45) is 5.97. The smallest absolute Gasteiger partial charge is 0.224 e. The highest BCUT2D eigenvalue weighted by Crippen LogP contribution is 2.49. The van der Waals surface area contributed by atoms with Gasteiger partial charge in [-0.1, -0.05) is 30.2 Å². The van der Waals surface area contributed by atoms with Crippen LogP contribution in [0.3, 0.4) is 0 Å². The van der Waals surface area contributed by atoms with Crippen molar-refractivity contribution in [1.29, 1.82) is 0 Å². The molecule has 96 valence electrons. The Morgan fingerprint density at radius 2 is 2.11 bits per heavy atom. The average Bonchev–Trinajstić information content (AvgIpc) is 2.94. The molecule has 3 atom stereocenters. The lowest BCUT2D eigenvalue weighted by molar-refractivity contribution is -0.117. The van der Waals surface area contributed by atoms with Crippen LogP contribution in [0.5, 0.6) is 0 Å². The number of para-hydroxylation sites is 1. The van der Waals surface area contributed by atoms with Crippen molar-refractivity contribution in [2.75, 3.05) is 5.32 Å². The van der Waals surface area contributed by atoms with Gasteiger partial charge in [-0.3, -0.25) is 4.79 Å². The molecule has 3 heteroatoms. The third-order valence-electron chi connectivity index (χ3n) is 4.48. The molecular formula is C15H18ClNO. The normalized spacial score (nSPS) is 29.5. The van der Waals surface area contributed by atoms with Crippen LogP contribution >= 0.6 is 11.6 Å². The van der Waals surface area contributed by atoms with E-state index >= 15 is 0 Å². The van der Waals surface area contributed by atoms with Crippen LogP contribution in [0.1, 0.15) is 32.1 Å². The Kier molecular flexibility index (Phi) is 3.29. The number of fused-ring (bicyclic) bond motifs is 2. The molecule has 1 amide bonds. The van der Waals surface area contributed by atoms with Gasteiger partial charge >= 0.3 is 0 Å². The van der Waals surface area contributed by atoms with Gasteiger partial charge in [-0.05, 0) is 49.1 Å². The van der Waals surface area contributed by atoms with Gasteiger partial charge in [-0.2, -0.15) is 0 Å². The molecule has 0 aliphatic heterocycles. The number of benzene rings is 1. The van der Waals surface area contributed by atoms with E-state index in [1.165, 1.54) is 25.7 Å². The van der Waals surface area contributed by atoms with Crippen molar-refractivity contribution in [1.82, 2.24) is 0 Å². The highest BCUT2D eigenvalue weighted by molar-refractivity contribution is 6.33. The van der Waals surface area contributed by atoms with Crippen molar-refractivity contribution in [2.24, 2.45) is 17.8 Å². The number of hydrogen-bond donors (Lipinski definition) is 1. The number of rotatable bonds is 3. The first-order valence-electron chi connectivity index (χ1n) is 6.77. The van der Waals surface area contributed by atoms with Gasteiger partial charge in [-0.15, -0.1) is 0 Å². The summed E-state index contributed by atoms with van der Waals surface area (Å²) in [7, 11) is 0. The summed E-state index contributed by atoms with van der Waals surface area (Å²) in [5, 5.41) is 3.54. The molecule has 1 N–H and O–H groups in total. The molecule has 2 nitrogen and oxygen atoms in total.